The van der Waals surface area contributed by atoms with Crippen molar-refractivity contribution in [1.29, 1.82) is 0 Å². The van der Waals surface area contributed by atoms with Gasteiger partial charge in [-0.3, -0.25) is 4.79 Å². The van der Waals surface area contributed by atoms with Gasteiger partial charge in [-0.15, -0.1) is 6.58 Å². The fourth-order valence-corrected chi connectivity index (χ4v) is 3.59. The Morgan fingerprint density at radius 2 is 1.81 bits per heavy atom. The monoisotopic (exact) mass is 351 g/mol. The molecule has 0 saturated carbocycles. The number of hydrogen-bond acceptors (Lipinski definition) is 3. The van der Waals surface area contributed by atoms with E-state index in [1.54, 1.807) is 7.11 Å². The fourth-order valence-electron chi connectivity index (χ4n) is 3.59. The van der Waals surface area contributed by atoms with Crippen LogP contribution in [0.5, 0.6) is 0 Å². The number of carbonyl (C=O) groups excluding carboxylic acids is 1. The highest BCUT2D eigenvalue weighted by atomic mass is 16.5. The second kappa shape index (κ2) is 8.81. The van der Waals surface area contributed by atoms with Gasteiger partial charge in [-0.1, -0.05) is 50.3 Å². The summed E-state index contributed by atoms with van der Waals surface area (Å²) >= 11 is 0. The van der Waals surface area contributed by atoms with E-state index in [1.165, 1.54) is 0 Å². The van der Waals surface area contributed by atoms with E-state index in [1.807, 2.05) is 56.3 Å². The number of allylic oxidation sites excluding steroid dienone is 1. The standard InChI is InChI=1S/C21H23NO2.C2H6/c1-3-11-21(14-24-2)12-10-17-13-16(6-9-19(17)20(21)23)15-4-7-18(22)8-5-15;1-2/h3-9,13H,1,10-12,14,22H2,2H3;1-2H3. The first-order valence-electron chi connectivity index (χ1n) is 9.23. The second-order valence-corrected chi connectivity index (χ2v) is 6.53. The number of carbonyl (C=O) groups is 1. The number of nitrogen functional groups attached to an aromatic ring is 1. The zero-order valence-corrected chi connectivity index (χ0v) is 16.0. The summed E-state index contributed by atoms with van der Waals surface area (Å²) in [5.74, 6) is 0.175. The minimum absolute atomic E-state index is 0.175. The maximum atomic E-state index is 13.1. The minimum atomic E-state index is -0.466. The number of benzene rings is 2. The van der Waals surface area contributed by atoms with Gasteiger partial charge in [0.1, 0.15) is 0 Å². The van der Waals surface area contributed by atoms with Crippen LogP contribution in [-0.4, -0.2) is 19.5 Å². The molecular weight excluding hydrogens is 322 g/mol. The number of ether oxygens (including phenoxy) is 1. The first-order chi connectivity index (χ1) is 12.6. The van der Waals surface area contributed by atoms with E-state index in [2.05, 4.69) is 12.6 Å². The third-order valence-electron chi connectivity index (χ3n) is 4.90. The van der Waals surface area contributed by atoms with Crippen molar-refractivity contribution in [2.75, 3.05) is 19.5 Å². The molecule has 0 bridgehead atoms. The molecule has 3 rings (SSSR count). The van der Waals surface area contributed by atoms with E-state index in [-0.39, 0.29) is 5.78 Å². The normalized spacial score (nSPS) is 18.5. The number of fused-ring (bicyclic) bond motifs is 1. The molecule has 2 aromatic carbocycles. The van der Waals surface area contributed by atoms with Crippen LogP contribution in [0.2, 0.25) is 0 Å². The van der Waals surface area contributed by atoms with E-state index in [0.717, 1.165) is 40.8 Å². The largest absolute Gasteiger partial charge is 0.399 e. The van der Waals surface area contributed by atoms with Crippen molar-refractivity contribution in [3.63, 3.8) is 0 Å². The summed E-state index contributed by atoms with van der Waals surface area (Å²) in [4.78, 5) is 13.1. The summed E-state index contributed by atoms with van der Waals surface area (Å²) in [6, 6.07) is 13.9. The number of anilines is 1. The van der Waals surface area contributed by atoms with E-state index < -0.39 is 5.41 Å². The van der Waals surface area contributed by atoms with Crippen molar-refractivity contribution in [3.05, 3.63) is 66.2 Å². The van der Waals surface area contributed by atoms with Crippen LogP contribution in [0.1, 0.15) is 42.6 Å². The van der Waals surface area contributed by atoms with Crippen molar-refractivity contribution in [3.8, 4) is 11.1 Å². The van der Waals surface area contributed by atoms with Gasteiger partial charge in [0.2, 0.25) is 0 Å². The number of nitrogens with two attached hydrogens (primary N) is 1. The lowest BCUT2D eigenvalue weighted by Crippen LogP contribution is -2.39. The molecule has 0 radical (unpaired) electrons. The molecular formula is C23H29NO2. The van der Waals surface area contributed by atoms with Gasteiger partial charge in [0.05, 0.1) is 12.0 Å². The SMILES string of the molecule is C=CCC1(COC)CCc2cc(-c3ccc(N)cc3)ccc2C1=O.CC. The molecule has 3 heteroatoms. The highest BCUT2D eigenvalue weighted by Crippen LogP contribution is 2.40. The Hall–Kier alpha value is -2.39. The summed E-state index contributed by atoms with van der Waals surface area (Å²) in [6.45, 7) is 8.26. The fraction of sp³-hybridized carbons (Fsp3) is 0.348. The molecule has 1 atom stereocenters. The van der Waals surface area contributed by atoms with E-state index in [9.17, 15) is 4.79 Å². The van der Waals surface area contributed by atoms with Gasteiger partial charge >= 0.3 is 0 Å². The Bertz CT molecular complexity index is 764. The van der Waals surface area contributed by atoms with Crippen LogP contribution >= 0.6 is 0 Å². The number of rotatable bonds is 5. The maximum Gasteiger partial charge on any atom is 0.171 e. The number of ketones is 1. The third-order valence-corrected chi connectivity index (χ3v) is 4.90. The quantitative estimate of drug-likeness (QED) is 0.587. The minimum Gasteiger partial charge on any atom is -0.399 e. The molecule has 2 N–H and O–H groups in total. The molecule has 0 aliphatic heterocycles. The highest BCUT2D eigenvalue weighted by molar-refractivity contribution is 6.03. The number of hydrogen-bond donors (Lipinski definition) is 1. The first kappa shape index (κ1) is 19.9. The highest BCUT2D eigenvalue weighted by Gasteiger charge is 2.41. The molecule has 1 aliphatic rings. The van der Waals surface area contributed by atoms with Gasteiger partial charge in [0, 0.05) is 18.4 Å². The van der Waals surface area contributed by atoms with E-state index in [0.29, 0.717) is 13.0 Å². The van der Waals surface area contributed by atoms with Crippen LogP contribution in [0.3, 0.4) is 0 Å². The van der Waals surface area contributed by atoms with Crippen molar-refractivity contribution in [2.45, 2.75) is 33.1 Å². The molecule has 138 valence electrons. The summed E-state index contributed by atoms with van der Waals surface area (Å²) in [5, 5.41) is 0. The average Bonchev–Trinajstić information content (AvgIpc) is 2.67. The predicted octanol–water partition coefficient (Wildman–Crippen LogP) is 5.30. The summed E-state index contributed by atoms with van der Waals surface area (Å²) in [7, 11) is 1.65. The van der Waals surface area contributed by atoms with Crippen molar-refractivity contribution < 1.29 is 9.53 Å². The molecule has 1 unspecified atom stereocenters. The molecule has 0 spiro atoms. The molecule has 0 fully saturated rings. The Labute approximate surface area is 156 Å². The van der Waals surface area contributed by atoms with Gasteiger partial charge in [-0.2, -0.15) is 0 Å². The van der Waals surface area contributed by atoms with Crippen LogP contribution < -0.4 is 5.73 Å². The van der Waals surface area contributed by atoms with E-state index >= 15 is 0 Å². The smallest absolute Gasteiger partial charge is 0.171 e. The molecule has 1 aliphatic carbocycles. The summed E-state index contributed by atoms with van der Waals surface area (Å²) < 4.78 is 5.35. The Kier molecular flexibility index (Phi) is 6.76. The van der Waals surface area contributed by atoms with Gasteiger partial charge in [0.25, 0.3) is 0 Å². The van der Waals surface area contributed by atoms with Gasteiger partial charge in [0.15, 0.2) is 5.78 Å². The molecule has 26 heavy (non-hydrogen) atoms. The maximum absolute atomic E-state index is 13.1. The van der Waals surface area contributed by atoms with Gasteiger partial charge in [-0.25, -0.2) is 0 Å². The summed E-state index contributed by atoms with van der Waals surface area (Å²) in [5.41, 5.74) is 10.2. The van der Waals surface area contributed by atoms with Crippen LogP contribution in [0.25, 0.3) is 11.1 Å². The lowest BCUT2D eigenvalue weighted by Gasteiger charge is -2.35. The Morgan fingerprint density at radius 1 is 1.15 bits per heavy atom. The number of aryl methyl sites for hydroxylation is 1. The molecule has 0 saturated heterocycles. The second-order valence-electron chi connectivity index (χ2n) is 6.53. The van der Waals surface area contributed by atoms with Crippen molar-refractivity contribution in [1.82, 2.24) is 0 Å². The zero-order valence-electron chi connectivity index (χ0n) is 16.0. The van der Waals surface area contributed by atoms with Crippen molar-refractivity contribution >= 4 is 11.5 Å². The van der Waals surface area contributed by atoms with Gasteiger partial charge < -0.3 is 10.5 Å². The lowest BCUT2D eigenvalue weighted by atomic mass is 9.68. The molecule has 0 amide bonds. The molecule has 0 aromatic heterocycles. The van der Waals surface area contributed by atoms with Crippen molar-refractivity contribution in [2.24, 2.45) is 5.41 Å². The van der Waals surface area contributed by atoms with Crippen LogP contribution in [0.15, 0.2) is 55.1 Å². The average molecular weight is 351 g/mol. The number of Topliss-reactive ketones (excluding diaryl/α,β-unsaturated/α-hetero) is 1. The topological polar surface area (TPSA) is 52.3 Å². The number of methoxy groups -OCH3 is 1. The van der Waals surface area contributed by atoms with Crippen LogP contribution in [0, 0.1) is 5.41 Å². The predicted molar refractivity (Wildman–Crippen MR) is 109 cm³/mol. The molecule has 3 nitrogen and oxygen atoms in total. The Morgan fingerprint density at radius 3 is 2.42 bits per heavy atom. The third kappa shape index (κ3) is 3.88. The van der Waals surface area contributed by atoms with Crippen LogP contribution in [-0.2, 0) is 11.2 Å². The lowest BCUT2D eigenvalue weighted by molar-refractivity contribution is 0.0477. The zero-order chi connectivity index (χ0) is 19.2. The summed E-state index contributed by atoms with van der Waals surface area (Å²) in [6.07, 6.45) is 4.15. The Balaban J connectivity index is 0.00000117. The molecule has 0 heterocycles. The first-order valence-corrected chi connectivity index (χ1v) is 9.23. The van der Waals surface area contributed by atoms with Crippen LogP contribution in [0.4, 0.5) is 5.69 Å². The van der Waals surface area contributed by atoms with E-state index in [4.69, 9.17) is 10.5 Å². The van der Waals surface area contributed by atoms with Gasteiger partial charge in [-0.05, 0) is 48.1 Å². The molecule has 2 aromatic rings.